The molecule has 2 N–H and O–H groups in total. The molecule has 0 aliphatic rings. The first-order valence-corrected chi connectivity index (χ1v) is 4.93. The van der Waals surface area contributed by atoms with Crippen LogP contribution in [0.1, 0.15) is 18.1 Å². The predicted molar refractivity (Wildman–Crippen MR) is 60.1 cm³/mol. The third-order valence-corrected chi connectivity index (χ3v) is 2.02. The van der Waals surface area contributed by atoms with Gasteiger partial charge in [0.05, 0.1) is 7.11 Å². The summed E-state index contributed by atoms with van der Waals surface area (Å²) < 4.78 is 5.17. The average Bonchev–Trinajstić information content (AvgIpc) is 2.18. The van der Waals surface area contributed by atoms with E-state index in [1.165, 1.54) is 11.1 Å². The molecule has 0 amide bonds. The minimum Gasteiger partial charge on any atom is -0.496 e. The second-order valence-corrected chi connectivity index (χ2v) is 3.57. The summed E-state index contributed by atoms with van der Waals surface area (Å²) in [5.41, 5.74) is 8.15. The van der Waals surface area contributed by atoms with Gasteiger partial charge in [-0.3, -0.25) is 0 Å². The van der Waals surface area contributed by atoms with E-state index in [2.05, 4.69) is 12.1 Å². The third kappa shape index (κ3) is 5.29. The average molecular weight is 223 g/mol. The molecule has 0 aliphatic heterocycles. The summed E-state index contributed by atoms with van der Waals surface area (Å²) in [6, 6.07) is 6.40. The Balaban J connectivity index is 0.000000673. The van der Waals surface area contributed by atoms with Crippen molar-refractivity contribution in [3.8, 4) is 5.75 Å². The van der Waals surface area contributed by atoms with E-state index in [-0.39, 0.29) is 12.2 Å². The molecule has 4 heteroatoms. The molecular formula is C12H17NO3. The van der Waals surface area contributed by atoms with Crippen molar-refractivity contribution in [3.63, 3.8) is 0 Å². The summed E-state index contributed by atoms with van der Waals surface area (Å²) in [7, 11) is 1.69. The highest BCUT2D eigenvalue weighted by atomic mass is 16.5. The van der Waals surface area contributed by atoms with Crippen LogP contribution in [0.2, 0.25) is 0 Å². The van der Waals surface area contributed by atoms with Crippen LogP contribution in [-0.4, -0.2) is 19.3 Å². The Hall–Kier alpha value is -1.64. The SMILES string of the molecule is COc1ccc(C[C@@H](C)N)cc1C.O=C=O. The van der Waals surface area contributed by atoms with Gasteiger partial charge < -0.3 is 10.5 Å². The summed E-state index contributed by atoms with van der Waals surface area (Å²) in [4.78, 5) is 16.2. The van der Waals surface area contributed by atoms with Gasteiger partial charge in [-0.25, -0.2) is 0 Å². The van der Waals surface area contributed by atoms with Gasteiger partial charge in [-0.2, -0.15) is 9.59 Å². The van der Waals surface area contributed by atoms with E-state index in [1.807, 2.05) is 19.9 Å². The van der Waals surface area contributed by atoms with Crippen molar-refractivity contribution in [2.45, 2.75) is 26.3 Å². The van der Waals surface area contributed by atoms with Gasteiger partial charge in [0.1, 0.15) is 5.75 Å². The minimum absolute atomic E-state index is 0.216. The molecule has 88 valence electrons. The van der Waals surface area contributed by atoms with E-state index in [0.29, 0.717) is 0 Å². The molecule has 0 fully saturated rings. The lowest BCUT2D eigenvalue weighted by Crippen LogP contribution is -2.17. The third-order valence-electron chi connectivity index (χ3n) is 2.02. The summed E-state index contributed by atoms with van der Waals surface area (Å²) in [5.74, 6) is 0.938. The van der Waals surface area contributed by atoms with Crippen LogP contribution in [-0.2, 0) is 16.0 Å². The molecule has 0 heterocycles. The van der Waals surface area contributed by atoms with E-state index >= 15 is 0 Å². The predicted octanol–water partition coefficient (Wildman–Crippen LogP) is 1.31. The number of ether oxygens (including phenoxy) is 1. The number of rotatable bonds is 3. The number of hydrogen-bond donors (Lipinski definition) is 1. The molecule has 0 saturated heterocycles. The Bertz CT molecular complexity index is 355. The van der Waals surface area contributed by atoms with Crippen molar-refractivity contribution in [3.05, 3.63) is 29.3 Å². The van der Waals surface area contributed by atoms with Crippen molar-refractivity contribution in [1.29, 1.82) is 0 Å². The standard InChI is InChI=1S/C11H17NO.CO2/c1-8-6-10(7-9(2)12)4-5-11(8)13-3;2-1-3/h4-6,9H,7,12H2,1-3H3;/t9-;/m1./s1. The van der Waals surface area contributed by atoms with Crippen molar-refractivity contribution in [2.75, 3.05) is 7.11 Å². The molecule has 0 radical (unpaired) electrons. The molecular weight excluding hydrogens is 206 g/mol. The van der Waals surface area contributed by atoms with Crippen molar-refractivity contribution in [2.24, 2.45) is 5.73 Å². The van der Waals surface area contributed by atoms with Crippen LogP contribution in [0.5, 0.6) is 5.75 Å². The fourth-order valence-corrected chi connectivity index (χ4v) is 1.44. The molecule has 0 bridgehead atoms. The van der Waals surface area contributed by atoms with Gasteiger partial charge in [-0.05, 0) is 37.5 Å². The minimum atomic E-state index is 0.216. The number of hydrogen-bond acceptors (Lipinski definition) is 4. The maximum atomic E-state index is 8.12. The molecule has 1 atom stereocenters. The molecule has 0 aromatic heterocycles. The molecule has 1 aromatic carbocycles. The molecule has 16 heavy (non-hydrogen) atoms. The summed E-state index contributed by atoms with van der Waals surface area (Å²) in [5, 5.41) is 0. The van der Waals surface area contributed by atoms with Crippen LogP contribution in [0.3, 0.4) is 0 Å². The topological polar surface area (TPSA) is 69.4 Å². The quantitative estimate of drug-likeness (QED) is 0.838. The number of methoxy groups -OCH3 is 1. The van der Waals surface area contributed by atoms with Crippen LogP contribution in [0.25, 0.3) is 0 Å². The molecule has 4 nitrogen and oxygen atoms in total. The Labute approximate surface area is 95.4 Å². The molecule has 1 aromatic rings. The van der Waals surface area contributed by atoms with Crippen molar-refractivity contribution in [1.82, 2.24) is 0 Å². The lowest BCUT2D eigenvalue weighted by Gasteiger charge is -2.08. The highest BCUT2D eigenvalue weighted by molar-refractivity contribution is 5.36. The van der Waals surface area contributed by atoms with Gasteiger partial charge >= 0.3 is 6.15 Å². The number of nitrogens with two attached hydrogens (primary N) is 1. The monoisotopic (exact) mass is 223 g/mol. The zero-order valence-corrected chi connectivity index (χ0v) is 9.82. The Morgan fingerprint density at radius 3 is 2.38 bits per heavy atom. The largest absolute Gasteiger partial charge is 0.496 e. The van der Waals surface area contributed by atoms with Crippen LogP contribution < -0.4 is 10.5 Å². The first kappa shape index (κ1) is 14.4. The molecule has 1 rings (SSSR count). The number of carbonyl (C=O) groups excluding carboxylic acids is 2. The molecule has 0 aliphatic carbocycles. The molecule has 0 saturated carbocycles. The van der Waals surface area contributed by atoms with Gasteiger partial charge in [-0.1, -0.05) is 12.1 Å². The normalized spacial score (nSPS) is 10.8. The Kier molecular flexibility index (Phi) is 6.84. The summed E-state index contributed by atoms with van der Waals surface area (Å²) in [6.45, 7) is 4.06. The van der Waals surface area contributed by atoms with Gasteiger partial charge in [0, 0.05) is 6.04 Å². The fourth-order valence-electron chi connectivity index (χ4n) is 1.44. The van der Waals surface area contributed by atoms with E-state index in [1.54, 1.807) is 7.11 Å². The Morgan fingerprint density at radius 2 is 2.00 bits per heavy atom. The van der Waals surface area contributed by atoms with Crippen LogP contribution in [0.4, 0.5) is 0 Å². The second-order valence-electron chi connectivity index (χ2n) is 3.57. The molecule has 0 spiro atoms. The van der Waals surface area contributed by atoms with Crippen LogP contribution >= 0.6 is 0 Å². The van der Waals surface area contributed by atoms with Gasteiger partial charge in [0.2, 0.25) is 0 Å². The lowest BCUT2D eigenvalue weighted by atomic mass is 10.0. The highest BCUT2D eigenvalue weighted by Gasteiger charge is 2.01. The van der Waals surface area contributed by atoms with Crippen LogP contribution in [0, 0.1) is 6.92 Å². The van der Waals surface area contributed by atoms with E-state index in [4.69, 9.17) is 20.1 Å². The maximum Gasteiger partial charge on any atom is 0.373 e. The first-order valence-electron chi connectivity index (χ1n) is 4.93. The van der Waals surface area contributed by atoms with Gasteiger partial charge in [0.15, 0.2) is 0 Å². The second kappa shape index (κ2) is 7.63. The number of aryl methyl sites for hydroxylation is 1. The maximum absolute atomic E-state index is 8.12. The molecule has 0 unspecified atom stereocenters. The van der Waals surface area contributed by atoms with Crippen LogP contribution in [0.15, 0.2) is 18.2 Å². The number of benzene rings is 1. The van der Waals surface area contributed by atoms with Crippen molar-refractivity contribution < 1.29 is 14.3 Å². The first-order chi connectivity index (χ1) is 7.54. The van der Waals surface area contributed by atoms with E-state index < -0.39 is 0 Å². The van der Waals surface area contributed by atoms with Gasteiger partial charge in [-0.15, -0.1) is 0 Å². The zero-order valence-electron chi connectivity index (χ0n) is 9.82. The summed E-state index contributed by atoms with van der Waals surface area (Å²) in [6.07, 6.45) is 1.17. The lowest BCUT2D eigenvalue weighted by molar-refractivity contribution is -0.191. The van der Waals surface area contributed by atoms with E-state index in [0.717, 1.165) is 12.2 Å². The van der Waals surface area contributed by atoms with Gasteiger partial charge in [0.25, 0.3) is 0 Å². The smallest absolute Gasteiger partial charge is 0.373 e. The van der Waals surface area contributed by atoms with Crippen molar-refractivity contribution >= 4 is 6.15 Å². The highest BCUT2D eigenvalue weighted by Crippen LogP contribution is 2.18. The zero-order chi connectivity index (χ0) is 12.6. The fraction of sp³-hybridized carbons (Fsp3) is 0.417. The Morgan fingerprint density at radius 1 is 1.44 bits per heavy atom. The van der Waals surface area contributed by atoms with E-state index in [9.17, 15) is 0 Å². The summed E-state index contributed by atoms with van der Waals surface area (Å²) >= 11 is 0.